The Labute approximate surface area is 173 Å². The summed E-state index contributed by atoms with van der Waals surface area (Å²) in [6.45, 7) is 3.35. The topological polar surface area (TPSA) is 88.5 Å². The summed E-state index contributed by atoms with van der Waals surface area (Å²) in [5.74, 6) is 0.421. The Morgan fingerprint density at radius 1 is 0.966 bits per heavy atom. The number of non-ortho nitro benzene ring substituents is 1. The van der Waals surface area contributed by atoms with Gasteiger partial charge < -0.3 is 15.5 Å². The van der Waals surface area contributed by atoms with Crippen molar-refractivity contribution >= 4 is 34.5 Å². The van der Waals surface area contributed by atoms with Crippen molar-refractivity contribution in [3.8, 4) is 11.3 Å². The minimum atomic E-state index is -0.416. The summed E-state index contributed by atoms with van der Waals surface area (Å²) in [5.41, 5.74) is 9.62. The van der Waals surface area contributed by atoms with E-state index in [1.165, 1.54) is 12.1 Å². The second-order valence-corrected chi connectivity index (χ2v) is 7.27. The van der Waals surface area contributed by atoms with Crippen LogP contribution in [-0.4, -0.2) is 36.1 Å². The zero-order valence-corrected chi connectivity index (χ0v) is 16.4. The van der Waals surface area contributed by atoms with Crippen molar-refractivity contribution < 1.29 is 4.92 Å². The van der Waals surface area contributed by atoms with Gasteiger partial charge in [0.25, 0.3) is 5.69 Å². The molecule has 2 N–H and O–H groups in total. The molecule has 0 spiro atoms. The number of nitrogens with zero attached hydrogens (tertiary/aromatic N) is 4. The van der Waals surface area contributed by atoms with Gasteiger partial charge >= 0.3 is 0 Å². The summed E-state index contributed by atoms with van der Waals surface area (Å²) >= 11 is 6.33. The van der Waals surface area contributed by atoms with Crippen LogP contribution in [0.15, 0.2) is 60.7 Å². The van der Waals surface area contributed by atoms with E-state index in [1.807, 2.05) is 36.4 Å². The van der Waals surface area contributed by atoms with E-state index in [-0.39, 0.29) is 5.69 Å². The van der Waals surface area contributed by atoms with Crippen LogP contribution in [0.2, 0.25) is 5.02 Å². The van der Waals surface area contributed by atoms with E-state index in [9.17, 15) is 10.1 Å². The minimum Gasteiger partial charge on any atom is -0.384 e. The number of pyridine rings is 1. The molecule has 1 fully saturated rings. The molecule has 8 heteroatoms. The van der Waals surface area contributed by atoms with Crippen molar-refractivity contribution in [1.82, 2.24) is 4.98 Å². The fraction of sp³-hybridized carbons (Fsp3) is 0.190. The molecule has 0 saturated carbocycles. The molecule has 148 valence electrons. The van der Waals surface area contributed by atoms with E-state index in [0.29, 0.717) is 11.5 Å². The SMILES string of the molecule is Nc1cc(N2CCN(c3ccccc3Cl)CC2)cc(-c2ccc([N+](=O)[O-])cc2)n1. The van der Waals surface area contributed by atoms with E-state index in [1.54, 1.807) is 12.1 Å². The first kappa shape index (κ1) is 19.0. The van der Waals surface area contributed by atoms with Gasteiger partial charge in [-0.2, -0.15) is 0 Å². The van der Waals surface area contributed by atoms with Gasteiger partial charge in [-0.25, -0.2) is 4.98 Å². The highest BCUT2D eigenvalue weighted by atomic mass is 35.5. The number of nitrogen functional groups attached to an aromatic ring is 1. The zero-order chi connectivity index (χ0) is 20.4. The molecule has 7 nitrogen and oxygen atoms in total. The van der Waals surface area contributed by atoms with Gasteiger partial charge in [0.2, 0.25) is 0 Å². The van der Waals surface area contributed by atoms with E-state index in [0.717, 1.165) is 48.1 Å². The van der Waals surface area contributed by atoms with Gasteiger partial charge in [0.1, 0.15) is 5.82 Å². The summed E-state index contributed by atoms with van der Waals surface area (Å²) in [4.78, 5) is 19.4. The Bertz CT molecular complexity index is 1030. The van der Waals surface area contributed by atoms with Crippen molar-refractivity contribution in [2.24, 2.45) is 0 Å². The number of nitrogens with two attached hydrogens (primary N) is 1. The molecular formula is C21H20ClN5O2. The van der Waals surface area contributed by atoms with Gasteiger partial charge in [0, 0.05) is 55.6 Å². The number of piperazine rings is 1. The van der Waals surface area contributed by atoms with Crippen molar-refractivity contribution in [3.05, 3.63) is 75.8 Å². The fourth-order valence-electron chi connectivity index (χ4n) is 3.53. The number of hydrogen-bond acceptors (Lipinski definition) is 6. The third kappa shape index (κ3) is 4.09. The van der Waals surface area contributed by atoms with Crippen molar-refractivity contribution in [1.29, 1.82) is 0 Å². The first-order valence-electron chi connectivity index (χ1n) is 9.28. The maximum absolute atomic E-state index is 10.9. The summed E-state index contributed by atoms with van der Waals surface area (Å²) in [6, 6.07) is 18.0. The van der Waals surface area contributed by atoms with Gasteiger partial charge in [0.05, 0.1) is 21.3 Å². The van der Waals surface area contributed by atoms with Crippen LogP contribution in [0.4, 0.5) is 22.9 Å². The lowest BCUT2D eigenvalue weighted by Gasteiger charge is -2.37. The van der Waals surface area contributed by atoms with E-state index < -0.39 is 4.92 Å². The zero-order valence-electron chi connectivity index (χ0n) is 15.7. The van der Waals surface area contributed by atoms with Crippen LogP contribution < -0.4 is 15.5 Å². The number of benzene rings is 2. The lowest BCUT2D eigenvalue weighted by molar-refractivity contribution is -0.384. The summed E-state index contributed by atoms with van der Waals surface area (Å²) in [6.07, 6.45) is 0. The van der Waals surface area contributed by atoms with Crippen molar-refractivity contribution in [3.63, 3.8) is 0 Å². The average molecular weight is 410 g/mol. The predicted molar refractivity (Wildman–Crippen MR) is 117 cm³/mol. The molecule has 1 aliphatic rings. The van der Waals surface area contributed by atoms with Crippen molar-refractivity contribution in [2.45, 2.75) is 0 Å². The number of nitro benzene ring substituents is 1. The van der Waals surface area contributed by atoms with Crippen molar-refractivity contribution in [2.75, 3.05) is 41.7 Å². The van der Waals surface area contributed by atoms with Crippen LogP contribution in [0.25, 0.3) is 11.3 Å². The smallest absolute Gasteiger partial charge is 0.269 e. The molecule has 1 aliphatic heterocycles. The summed E-state index contributed by atoms with van der Waals surface area (Å²) in [7, 11) is 0. The molecule has 0 radical (unpaired) electrons. The number of hydrogen-bond donors (Lipinski definition) is 1. The third-order valence-electron chi connectivity index (χ3n) is 5.04. The van der Waals surface area contributed by atoms with Gasteiger partial charge in [-0.05, 0) is 30.3 Å². The number of para-hydroxylation sites is 1. The summed E-state index contributed by atoms with van der Waals surface area (Å²) < 4.78 is 0. The highest BCUT2D eigenvalue weighted by Crippen LogP contribution is 2.30. The molecular weight excluding hydrogens is 390 g/mol. The third-order valence-corrected chi connectivity index (χ3v) is 5.36. The maximum atomic E-state index is 10.9. The number of halogens is 1. The molecule has 0 amide bonds. The first-order chi connectivity index (χ1) is 14.0. The molecule has 1 aromatic heterocycles. The van der Waals surface area contributed by atoms with Crippen LogP contribution in [0.5, 0.6) is 0 Å². The number of aromatic nitrogens is 1. The van der Waals surface area contributed by atoms with Gasteiger partial charge in [0.15, 0.2) is 0 Å². The predicted octanol–water partition coefficient (Wildman–Crippen LogP) is 4.22. The Morgan fingerprint density at radius 2 is 1.62 bits per heavy atom. The van der Waals surface area contributed by atoms with E-state index in [2.05, 4.69) is 14.8 Å². The van der Waals surface area contributed by atoms with Crippen LogP contribution in [0, 0.1) is 10.1 Å². The molecule has 2 heterocycles. The van der Waals surface area contributed by atoms with E-state index >= 15 is 0 Å². The molecule has 3 aromatic rings. The highest BCUT2D eigenvalue weighted by molar-refractivity contribution is 6.33. The number of rotatable bonds is 4. The molecule has 0 atom stereocenters. The van der Waals surface area contributed by atoms with Crippen LogP contribution in [-0.2, 0) is 0 Å². The molecule has 2 aromatic carbocycles. The second-order valence-electron chi connectivity index (χ2n) is 6.86. The second kappa shape index (κ2) is 7.97. The van der Waals surface area contributed by atoms with Crippen LogP contribution in [0.3, 0.4) is 0 Å². The molecule has 0 unspecified atom stereocenters. The summed E-state index contributed by atoms with van der Waals surface area (Å²) in [5, 5.41) is 11.6. The molecule has 4 rings (SSSR count). The van der Waals surface area contributed by atoms with E-state index in [4.69, 9.17) is 17.3 Å². The Morgan fingerprint density at radius 3 is 2.28 bits per heavy atom. The van der Waals surface area contributed by atoms with Crippen LogP contribution in [0.1, 0.15) is 0 Å². The first-order valence-corrected chi connectivity index (χ1v) is 9.66. The monoisotopic (exact) mass is 409 g/mol. The number of anilines is 3. The normalized spacial score (nSPS) is 14.1. The quantitative estimate of drug-likeness (QED) is 0.512. The average Bonchev–Trinajstić information content (AvgIpc) is 2.74. The van der Waals surface area contributed by atoms with Gasteiger partial charge in [-0.1, -0.05) is 23.7 Å². The van der Waals surface area contributed by atoms with Crippen LogP contribution >= 0.6 is 11.6 Å². The highest BCUT2D eigenvalue weighted by Gasteiger charge is 2.20. The maximum Gasteiger partial charge on any atom is 0.269 e. The standard InChI is InChI=1S/C21H20ClN5O2/c22-18-3-1-2-4-20(18)26-11-9-25(10-12-26)17-13-19(24-21(23)14-17)15-5-7-16(8-6-15)27(28)29/h1-8,13-14H,9-12H2,(H2,23,24). The molecule has 1 saturated heterocycles. The van der Waals surface area contributed by atoms with Gasteiger partial charge in [-0.3, -0.25) is 10.1 Å². The molecule has 0 aliphatic carbocycles. The fourth-order valence-corrected chi connectivity index (χ4v) is 3.79. The largest absolute Gasteiger partial charge is 0.384 e. The number of nitro groups is 1. The Hall–Kier alpha value is -3.32. The molecule has 0 bridgehead atoms. The Kier molecular flexibility index (Phi) is 5.22. The van der Waals surface area contributed by atoms with Gasteiger partial charge in [-0.15, -0.1) is 0 Å². The minimum absolute atomic E-state index is 0.0496. The molecule has 29 heavy (non-hydrogen) atoms. The lowest BCUT2D eigenvalue weighted by atomic mass is 10.1. The Balaban J connectivity index is 1.52. The lowest BCUT2D eigenvalue weighted by Crippen LogP contribution is -2.46.